The summed E-state index contributed by atoms with van der Waals surface area (Å²) in [6.45, 7) is 9.15. The Labute approximate surface area is 113 Å². The highest BCUT2D eigenvalue weighted by Crippen LogP contribution is 2.24. The lowest BCUT2D eigenvalue weighted by atomic mass is 10.0. The maximum atomic E-state index is 9.19. The molecule has 0 amide bonds. The van der Waals surface area contributed by atoms with Crippen LogP contribution in [-0.2, 0) is 6.54 Å². The molecule has 0 saturated carbocycles. The van der Waals surface area contributed by atoms with Crippen molar-refractivity contribution in [1.29, 1.82) is 5.26 Å². The van der Waals surface area contributed by atoms with E-state index in [2.05, 4.69) is 56.2 Å². The van der Waals surface area contributed by atoms with E-state index in [4.69, 9.17) is 0 Å². The van der Waals surface area contributed by atoms with E-state index < -0.39 is 0 Å². The van der Waals surface area contributed by atoms with Crippen LogP contribution in [0.15, 0.2) is 18.2 Å². The maximum absolute atomic E-state index is 9.19. The molecule has 0 aliphatic heterocycles. The Bertz CT molecular complexity index is 632. The Balaban J connectivity index is 2.56. The fourth-order valence-corrected chi connectivity index (χ4v) is 2.04. The molecule has 0 unspecified atom stereocenters. The molecule has 98 valence electrons. The van der Waals surface area contributed by atoms with Gasteiger partial charge in [-0.15, -0.1) is 5.10 Å². The Morgan fingerprint density at radius 2 is 2.00 bits per heavy atom. The topological polar surface area (TPSA) is 54.5 Å². The first kappa shape index (κ1) is 13.3. The first-order chi connectivity index (χ1) is 9.02. The predicted octanol–water partition coefficient (Wildman–Crippen LogP) is 3.09. The van der Waals surface area contributed by atoms with Gasteiger partial charge in [0, 0.05) is 12.1 Å². The van der Waals surface area contributed by atoms with Gasteiger partial charge < -0.3 is 0 Å². The zero-order chi connectivity index (χ0) is 14.0. The summed E-state index contributed by atoms with van der Waals surface area (Å²) in [6.07, 6.45) is 0. The summed E-state index contributed by atoms with van der Waals surface area (Å²) in [7, 11) is 0. The van der Waals surface area contributed by atoms with Crippen LogP contribution < -0.4 is 0 Å². The number of aromatic nitrogens is 3. The van der Waals surface area contributed by atoms with Gasteiger partial charge in [0.2, 0.25) is 0 Å². The second kappa shape index (κ2) is 5.23. The average Bonchev–Trinajstić information content (AvgIpc) is 2.74. The second-order valence-corrected chi connectivity index (χ2v) is 5.27. The minimum absolute atomic E-state index is 0.393. The molecule has 0 spiro atoms. The van der Waals surface area contributed by atoms with Crippen LogP contribution in [0.1, 0.15) is 30.7 Å². The lowest BCUT2D eigenvalue weighted by Crippen LogP contribution is -2.08. The molecule has 0 bridgehead atoms. The molecule has 2 rings (SSSR count). The van der Waals surface area contributed by atoms with Crippen molar-refractivity contribution in [1.82, 2.24) is 15.0 Å². The van der Waals surface area contributed by atoms with Gasteiger partial charge in [-0.25, -0.2) is 4.68 Å². The van der Waals surface area contributed by atoms with Crippen molar-refractivity contribution in [2.24, 2.45) is 5.92 Å². The van der Waals surface area contributed by atoms with Gasteiger partial charge >= 0.3 is 0 Å². The van der Waals surface area contributed by atoms with Crippen LogP contribution in [0.3, 0.4) is 0 Å². The number of aryl methyl sites for hydroxylation is 2. The van der Waals surface area contributed by atoms with Crippen LogP contribution in [-0.4, -0.2) is 15.0 Å². The van der Waals surface area contributed by atoms with Crippen molar-refractivity contribution >= 4 is 0 Å². The van der Waals surface area contributed by atoms with E-state index in [0.717, 1.165) is 17.8 Å². The third kappa shape index (κ3) is 2.65. The van der Waals surface area contributed by atoms with Crippen molar-refractivity contribution in [3.8, 4) is 17.3 Å². The molecule has 4 nitrogen and oxygen atoms in total. The minimum Gasteiger partial charge on any atom is -0.243 e. The zero-order valence-electron chi connectivity index (χ0n) is 11.8. The van der Waals surface area contributed by atoms with Gasteiger partial charge in [-0.1, -0.05) is 31.2 Å². The van der Waals surface area contributed by atoms with Gasteiger partial charge in [0.05, 0.1) is 0 Å². The monoisotopic (exact) mass is 254 g/mol. The molecule has 0 fully saturated rings. The molecule has 0 aliphatic rings. The van der Waals surface area contributed by atoms with Crippen molar-refractivity contribution < 1.29 is 0 Å². The molecule has 1 aromatic carbocycles. The fourth-order valence-electron chi connectivity index (χ4n) is 2.04. The zero-order valence-corrected chi connectivity index (χ0v) is 11.8. The minimum atomic E-state index is 0.393. The van der Waals surface area contributed by atoms with Crippen LogP contribution >= 0.6 is 0 Å². The van der Waals surface area contributed by atoms with Crippen molar-refractivity contribution in [2.75, 3.05) is 0 Å². The number of hydrogen-bond donors (Lipinski definition) is 0. The summed E-state index contributed by atoms with van der Waals surface area (Å²) in [4.78, 5) is 0. The molecular formula is C15H18N4. The first-order valence-electron chi connectivity index (χ1n) is 6.44. The van der Waals surface area contributed by atoms with Gasteiger partial charge in [0.1, 0.15) is 11.8 Å². The molecule has 4 heteroatoms. The quantitative estimate of drug-likeness (QED) is 0.845. The highest BCUT2D eigenvalue weighted by Gasteiger charge is 2.15. The number of benzene rings is 1. The van der Waals surface area contributed by atoms with E-state index in [1.165, 1.54) is 11.1 Å². The molecule has 19 heavy (non-hydrogen) atoms. The summed E-state index contributed by atoms with van der Waals surface area (Å²) in [5.74, 6) is 0.457. The standard InChI is InChI=1S/C15H18N4/c1-10(2)9-19-15(14(8-16)17-18-19)13-6-5-11(3)12(4)7-13/h5-7,10H,9H2,1-4H3. The summed E-state index contributed by atoms with van der Waals surface area (Å²) < 4.78 is 1.83. The summed E-state index contributed by atoms with van der Waals surface area (Å²) in [6, 6.07) is 8.31. The average molecular weight is 254 g/mol. The molecule has 1 aromatic heterocycles. The van der Waals surface area contributed by atoms with E-state index in [9.17, 15) is 5.26 Å². The van der Waals surface area contributed by atoms with E-state index >= 15 is 0 Å². The third-order valence-electron chi connectivity index (χ3n) is 3.16. The van der Waals surface area contributed by atoms with E-state index in [1.807, 2.05) is 10.7 Å². The molecular weight excluding hydrogens is 236 g/mol. The second-order valence-electron chi connectivity index (χ2n) is 5.27. The Kier molecular flexibility index (Phi) is 3.66. The fraction of sp³-hybridized carbons (Fsp3) is 0.400. The third-order valence-corrected chi connectivity index (χ3v) is 3.16. The lowest BCUT2D eigenvalue weighted by Gasteiger charge is -2.10. The van der Waals surface area contributed by atoms with Gasteiger partial charge in [-0.2, -0.15) is 5.26 Å². The maximum Gasteiger partial charge on any atom is 0.190 e. The van der Waals surface area contributed by atoms with Crippen LogP contribution in [0.4, 0.5) is 0 Å². The Hall–Kier alpha value is -2.15. The van der Waals surface area contributed by atoms with Crippen molar-refractivity contribution in [3.05, 3.63) is 35.0 Å². The van der Waals surface area contributed by atoms with Crippen LogP contribution in [0.5, 0.6) is 0 Å². The van der Waals surface area contributed by atoms with Crippen LogP contribution in [0, 0.1) is 31.1 Å². The number of rotatable bonds is 3. The van der Waals surface area contributed by atoms with Gasteiger partial charge in [-0.05, 0) is 37.0 Å². The van der Waals surface area contributed by atoms with E-state index in [0.29, 0.717) is 11.6 Å². The summed E-state index contributed by atoms with van der Waals surface area (Å²) >= 11 is 0. The largest absolute Gasteiger partial charge is 0.243 e. The van der Waals surface area contributed by atoms with Crippen molar-refractivity contribution in [3.63, 3.8) is 0 Å². The lowest BCUT2D eigenvalue weighted by molar-refractivity contribution is 0.475. The molecule has 0 saturated heterocycles. The summed E-state index contributed by atoms with van der Waals surface area (Å²) in [5, 5.41) is 17.3. The SMILES string of the molecule is Cc1ccc(-c2c(C#N)nnn2CC(C)C)cc1C. The Morgan fingerprint density at radius 3 is 2.58 bits per heavy atom. The Morgan fingerprint density at radius 1 is 1.26 bits per heavy atom. The number of nitrogens with zero attached hydrogens (tertiary/aromatic N) is 4. The highest BCUT2D eigenvalue weighted by atomic mass is 15.4. The van der Waals surface area contributed by atoms with Crippen LogP contribution in [0.2, 0.25) is 0 Å². The molecule has 0 N–H and O–H groups in total. The van der Waals surface area contributed by atoms with Crippen LogP contribution in [0.25, 0.3) is 11.3 Å². The first-order valence-corrected chi connectivity index (χ1v) is 6.44. The van der Waals surface area contributed by atoms with E-state index in [-0.39, 0.29) is 0 Å². The van der Waals surface area contributed by atoms with Gasteiger partial charge in [0.25, 0.3) is 0 Å². The van der Waals surface area contributed by atoms with Gasteiger partial charge in [0.15, 0.2) is 5.69 Å². The number of nitriles is 1. The molecule has 0 radical (unpaired) electrons. The normalized spacial score (nSPS) is 10.7. The van der Waals surface area contributed by atoms with E-state index in [1.54, 1.807) is 0 Å². The molecule has 1 heterocycles. The number of hydrogen-bond acceptors (Lipinski definition) is 3. The summed E-state index contributed by atoms with van der Waals surface area (Å²) in [5.41, 5.74) is 4.66. The molecule has 0 atom stereocenters. The predicted molar refractivity (Wildman–Crippen MR) is 74.5 cm³/mol. The molecule has 0 aliphatic carbocycles. The smallest absolute Gasteiger partial charge is 0.190 e. The molecule has 2 aromatic rings. The van der Waals surface area contributed by atoms with Crippen molar-refractivity contribution in [2.45, 2.75) is 34.2 Å². The highest BCUT2D eigenvalue weighted by molar-refractivity contribution is 5.66. The van der Waals surface area contributed by atoms with Gasteiger partial charge in [-0.3, -0.25) is 0 Å².